The predicted octanol–water partition coefficient (Wildman–Crippen LogP) is 4.42. The van der Waals surface area contributed by atoms with E-state index in [-0.39, 0.29) is 5.91 Å². The molecule has 0 aliphatic carbocycles. The van der Waals surface area contributed by atoms with Gasteiger partial charge in [-0.1, -0.05) is 34.1 Å². The maximum Gasteiger partial charge on any atom is 0.261 e. The van der Waals surface area contributed by atoms with Crippen molar-refractivity contribution in [2.75, 3.05) is 5.32 Å². The van der Waals surface area contributed by atoms with Crippen molar-refractivity contribution >= 4 is 33.2 Å². The lowest BCUT2D eigenvalue weighted by Crippen LogP contribution is -2.13. The van der Waals surface area contributed by atoms with Gasteiger partial charge in [-0.2, -0.15) is 5.10 Å². The monoisotopic (exact) mass is 421 g/mol. The fourth-order valence-corrected chi connectivity index (χ4v) is 3.35. The standard InChI is InChI=1S/C20H16BrN5O/c1-12-7-8-14(11-22-12)23-20(27)18-13(2)25-26-10-9-17(24-19(18)26)15-5-3-4-6-16(15)21/h3-11H,1-2H3,(H,23,27). The summed E-state index contributed by atoms with van der Waals surface area (Å²) in [7, 11) is 0. The van der Waals surface area contributed by atoms with Crippen LogP contribution in [0.25, 0.3) is 16.9 Å². The van der Waals surface area contributed by atoms with Crippen LogP contribution in [0.5, 0.6) is 0 Å². The molecule has 0 saturated carbocycles. The van der Waals surface area contributed by atoms with Crippen molar-refractivity contribution in [3.63, 3.8) is 0 Å². The summed E-state index contributed by atoms with van der Waals surface area (Å²) >= 11 is 3.55. The van der Waals surface area contributed by atoms with Crippen LogP contribution in [0.15, 0.2) is 59.3 Å². The van der Waals surface area contributed by atoms with E-state index < -0.39 is 0 Å². The lowest BCUT2D eigenvalue weighted by molar-refractivity contribution is 0.102. The summed E-state index contributed by atoms with van der Waals surface area (Å²) in [5, 5.41) is 7.28. The quantitative estimate of drug-likeness (QED) is 0.531. The summed E-state index contributed by atoms with van der Waals surface area (Å²) in [6.07, 6.45) is 3.45. The minimum absolute atomic E-state index is 0.259. The summed E-state index contributed by atoms with van der Waals surface area (Å²) in [5.74, 6) is -0.259. The molecule has 6 nitrogen and oxygen atoms in total. The Labute approximate surface area is 164 Å². The molecule has 134 valence electrons. The second-order valence-electron chi connectivity index (χ2n) is 6.16. The van der Waals surface area contributed by atoms with Gasteiger partial charge in [-0.3, -0.25) is 9.78 Å². The summed E-state index contributed by atoms with van der Waals surface area (Å²) < 4.78 is 2.56. The number of amides is 1. The Bertz CT molecular complexity index is 1150. The number of hydrogen-bond donors (Lipinski definition) is 1. The number of aromatic nitrogens is 4. The number of nitrogens with zero attached hydrogens (tertiary/aromatic N) is 4. The van der Waals surface area contributed by atoms with Crippen molar-refractivity contribution in [2.24, 2.45) is 0 Å². The van der Waals surface area contributed by atoms with Gasteiger partial charge in [0.2, 0.25) is 0 Å². The van der Waals surface area contributed by atoms with Gasteiger partial charge in [-0.05, 0) is 38.1 Å². The highest BCUT2D eigenvalue weighted by atomic mass is 79.9. The molecule has 0 spiro atoms. The number of halogens is 1. The van der Waals surface area contributed by atoms with Crippen LogP contribution in [0.2, 0.25) is 0 Å². The molecule has 0 radical (unpaired) electrons. The summed E-state index contributed by atoms with van der Waals surface area (Å²) in [6.45, 7) is 3.70. The zero-order valence-electron chi connectivity index (χ0n) is 14.8. The average Bonchev–Trinajstić information content (AvgIpc) is 2.99. The van der Waals surface area contributed by atoms with Crippen LogP contribution in [0.4, 0.5) is 5.69 Å². The van der Waals surface area contributed by atoms with Crippen LogP contribution >= 0.6 is 15.9 Å². The summed E-state index contributed by atoms with van der Waals surface area (Å²) in [5.41, 5.74) is 4.81. The van der Waals surface area contributed by atoms with Gasteiger partial charge in [0.25, 0.3) is 5.91 Å². The maximum atomic E-state index is 12.9. The van der Waals surface area contributed by atoms with Crippen molar-refractivity contribution in [3.05, 3.63) is 76.3 Å². The molecule has 3 heterocycles. The van der Waals surface area contributed by atoms with Crippen molar-refractivity contribution < 1.29 is 4.79 Å². The number of carbonyl (C=O) groups excluding carboxylic acids is 1. The van der Waals surface area contributed by atoms with Gasteiger partial charge in [0, 0.05) is 21.9 Å². The SMILES string of the molecule is Cc1ccc(NC(=O)c2c(C)nn3ccc(-c4ccccc4Br)nc23)cn1. The molecular formula is C20H16BrN5O. The van der Waals surface area contributed by atoms with E-state index in [0.29, 0.717) is 22.6 Å². The molecule has 0 unspecified atom stereocenters. The smallest absolute Gasteiger partial charge is 0.261 e. The topological polar surface area (TPSA) is 72.2 Å². The number of anilines is 1. The molecule has 0 aliphatic rings. The van der Waals surface area contributed by atoms with Crippen LogP contribution in [-0.2, 0) is 0 Å². The molecule has 0 aliphatic heterocycles. The number of fused-ring (bicyclic) bond motifs is 1. The Morgan fingerprint density at radius 1 is 1.11 bits per heavy atom. The summed E-state index contributed by atoms with van der Waals surface area (Å²) in [6, 6.07) is 13.4. The molecule has 4 aromatic rings. The minimum atomic E-state index is -0.259. The van der Waals surface area contributed by atoms with Gasteiger partial charge >= 0.3 is 0 Å². The van der Waals surface area contributed by atoms with Crippen molar-refractivity contribution in [2.45, 2.75) is 13.8 Å². The van der Waals surface area contributed by atoms with E-state index in [1.807, 2.05) is 55.6 Å². The lowest BCUT2D eigenvalue weighted by Gasteiger charge is -2.06. The fraction of sp³-hybridized carbons (Fsp3) is 0.100. The van der Waals surface area contributed by atoms with Crippen molar-refractivity contribution in [3.8, 4) is 11.3 Å². The Morgan fingerprint density at radius 2 is 1.93 bits per heavy atom. The third kappa shape index (κ3) is 3.33. The molecule has 7 heteroatoms. The Kier molecular flexibility index (Phi) is 4.45. The van der Waals surface area contributed by atoms with Gasteiger partial charge < -0.3 is 5.32 Å². The second-order valence-corrected chi connectivity index (χ2v) is 7.02. The first-order valence-electron chi connectivity index (χ1n) is 8.38. The second kappa shape index (κ2) is 6.92. The third-order valence-electron chi connectivity index (χ3n) is 4.21. The van der Waals surface area contributed by atoms with E-state index in [1.54, 1.807) is 17.6 Å². The molecule has 1 amide bonds. The predicted molar refractivity (Wildman–Crippen MR) is 108 cm³/mol. The first kappa shape index (κ1) is 17.4. The van der Waals surface area contributed by atoms with Gasteiger partial charge in [-0.15, -0.1) is 0 Å². The lowest BCUT2D eigenvalue weighted by atomic mass is 10.1. The zero-order chi connectivity index (χ0) is 19.0. The molecule has 3 aromatic heterocycles. The number of rotatable bonds is 3. The highest BCUT2D eigenvalue weighted by molar-refractivity contribution is 9.10. The van der Waals surface area contributed by atoms with Crippen LogP contribution in [0.3, 0.4) is 0 Å². The number of nitrogens with one attached hydrogen (secondary N) is 1. The Morgan fingerprint density at radius 3 is 2.67 bits per heavy atom. The van der Waals surface area contributed by atoms with Gasteiger partial charge in [0.05, 0.1) is 23.3 Å². The summed E-state index contributed by atoms with van der Waals surface area (Å²) in [4.78, 5) is 21.8. The van der Waals surface area contributed by atoms with Gasteiger partial charge in [0.15, 0.2) is 5.65 Å². The maximum absolute atomic E-state index is 12.9. The number of carbonyl (C=O) groups is 1. The fourth-order valence-electron chi connectivity index (χ4n) is 2.86. The van der Waals surface area contributed by atoms with Gasteiger partial charge in [0.1, 0.15) is 5.56 Å². The molecule has 4 rings (SSSR count). The number of aryl methyl sites for hydroxylation is 2. The van der Waals surface area contributed by atoms with Crippen molar-refractivity contribution in [1.82, 2.24) is 19.6 Å². The van der Waals surface area contributed by atoms with E-state index in [2.05, 4.69) is 31.3 Å². The molecule has 1 N–H and O–H groups in total. The molecule has 27 heavy (non-hydrogen) atoms. The third-order valence-corrected chi connectivity index (χ3v) is 4.90. The van der Waals surface area contributed by atoms with Crippen LogP contribution in [0.1, 0.15) is 21.7 Å². The highest BCUT2D eigenvalue weighted by Crippen LogP contribution is 2.27. The molecular weight excluding hydrogens is 406 g/mol. The van der Waals surface area contributed by atoms with Crippen molar-refractivity contribution in [1.29, 1.82) is 0 Å². The highest BCUT2D eigenvalue weighted by Gasteiger charge is 2.19. The van der Waals surface area contributed by atoms with Crippen LogP contribution < -0.4 is 5.32 Å². The van der Waals surface area contributed by atoms with Gasteiger partial charge in [-0.25, -0.2) is 9.50 Å². The van der Waals surface area contributed by atoms with E-state index in [4.69, 9.17) is 4.98 Å². The van der Waals surface area contributed by atoms with Crippen LogP contribution in [0, 0.1) is 13.8 Å². The van der Waals surface area contributed by atoms with E-state index >= 15 is 0 Å². The molecule has 0 saturated heterocycles. The van der Waals surface area contributed by atoms with E-state index in [1.165, 1.54) is 0 Å². The largest absolute Gasteiger partial charge is 0.320 e. The molecule has 0 bridgehead atoms. The van der Waals surface area contributed by atoms with E-state index in [9.17, 15) is 4.79 Å². The first-order valence-corrected chi connectivity index (χ1v) is 9.17. The molecule has 1 aromatic carbocycles. The average molecular weight is 422 g/mol. The molecule has 0 atom stereocenters. The number of hydrogen-bond acceptors (Lipinski definition) is 4. The number of pyridine rings is 1. The normalized spacial score (nSPS) is 10.9. The number of benzene rings is 1. The first-order chi connectivity index (χ1) is 13.0. The minimum Gasteiger partial charge on any atom is -0.320 e. The van der Waals surface area contributed by atoms with E-state index in [0.717, 1.165) is 21.4 Å². The zero-order valence-corrected chi connectivity index (χ0v) is 16.4. The Balaban J connectivity index is 1.77. The van der Waals surface area contributed by atoms with Crippen LogP contribution in [-0.4, -0.2) is 25.5 Å². The molecule has 0 fully saturated rings. The Hall–Kier alpha value is -3.06.